The van der Waals surface area contributed by atoms with Crippen molar-refractivity contribution in [3.05, 3.63) is 65.7 Å². The van der Waals surface area contributed by atoms with Gasteiger partial charge in [-0.25, -0.2) is 0 Å². The molecule has 2 aromatic rings. The van der Waals surface area contributed by atoms with E-state index in [4.69, 9.17) is 0 Å². The molecule has 0 unspecified atom stereocenters. The van der Waals surface area contributed by atoms with Crippen LogP contribution in [-0.4, -0.2) is 18.9 Å². The second-order valence-electron chi connectivity index (χ2n) is 6.95. The highest BCUT2D eigenvalue weighted by Gasteiger charge is 2.20. The molecular formula is C22H26N2O2. The molecule has 0 aliphatic heterocycles. The van der Waals surface area contributed by atoms with E-state index >= 15 is 0 Å². The molecule has 136 valence electrons. The number of carbonyl (C=O) groups is 2. The Morgan fingerprint density at radius 3 is 2.27 bits per heavy atom. The molecule has 1 aliphatic rings. The summed E-state index contributed by atoms with van der Waals surface area (Å²) in [4.78, 5) is 26.4. The van der Waals surface area contributed by atoms with Gasteiger partial charge in [-0.2, -0.15) is 0 Å². The van der Waals surface area contributed by atoms with Crippen molar-refractivity contribution in [1.29, 1.82) is 0 Å². The van der Waals surface area contributed by atoms with Crippen molar-refractivity contribution in [2.24, 2.45) is 5.92 Å². The summed E-state index contributed by atoms with van der Waals surface area (Å²) in [6, 6.07) is 17.0. The molecule has 0 bridgehead atoms. The van der Waals surface area contributed by atoms with Crippen molar-refractivity contribution in [1.82, 2.24) is 5.32 Å². The number of nitrogens with one attached hydrogen (secondary N) is 1. The van der Waals surface area contributed by atoms with Gasteiger partial charge in [0.05, 0.1) is 0 Å². The maximum atomic E-state index is 12.6. The molecule has 3 rings (SSSR count). The fraction of sp³-hybridized carbons (Fsp3) is 0.364. The molecule has 1 aliphatic carbocycles. The van der Waals surface area contributed by atoms with E-state index in [1.54, 1.807) is 11.9 Å². The fourth-order valence-electron chi connectivity index (χ4n) is 3.43. The summed E-state index contributed by atoms with van der Waals surface area (Å²) in [6.45, 7) is 0.512. The van der Waals surface area contributed by atoms with Gasteiger partial charge in [0, 0.05) is 30.8 Å². The first-order valence-electron chi connectivity index (χ1n) is 9.35. The monoisotopic (exact) mass is 350 g/mol. The van der Waals surface area contributed by atoms with Gasteiger partial charge in [-0.15, -0.1) is 0 Å². The zero-order chi connectivity index (χ0) is 18.4. The van der Waals surface area contributed by atoms with Gasteiger partial charge in [0.25, 0.3) is 5.91 Å². The first-order chi connectivity index (χ1) is 12.6. The Labute approximate surface area is 155 Å². The van der Waals surface area contributed by atoms with Gasteiger partial charge in [-0.1, -0.05) is 49.6 Å². The first-order valence-corrected chi connectivity index (χ1v) is 9.35. The third-order valence-corrected chi connectivity index (χ3v) is 5.09. The van der Waals surface area contributed by atoms with Gasteiger partial charge in [0.15, 0.2) is 0 Å². The van der Waals surface area contributed by atoms with Gasteiger partial charge >= 0.3 is 0 Å². The normalized spacial score (nSPS) is 14.7. The summed E-state index contributed by atoms with van der Waals surface area (Å²) in [5, 5.41) is 3.03. The topological polar surface area (TPSA) is 49.4 Å². The molecule has 1 fully saturated rings. The number of para-hydroxylation sites is 1. The number of hydrogen-bond donors (Lipinski definition) is 1. The maximum absolute atomic E-state index is 12.6. The molecule has 4 heteroatoms. The van der Waals surface area contributed by atoms with Crippen LogP contribution in [0.2, 0.25) is 0 Å². The van der Waals surface area contributed by atoms with Crippen LogP contribution in [0, 0.1) is 5.92 Å². The van der Waals surface area contributed by atoms with Gasteiger partial charge in [0.1, 0.15) is 0 Å². The molecule has 1 N–H and O–H groups in total. The first kappa shape index (κ1) is 18.2. The standard InChI is InChI=1S/C22H26N2O2/c1-24(20-10-6-3-7-11-20)22(26)19-14-12-17(13-15-19)16-23-21(25)18-8-4-2-5-9-18/h3,6-7,10-15,18H,2,4-5,8-9,16H2,1H3,(H,23,25). The number of anilines is 1. The largest absolute Gasteiger partial charge is 0.352 e. The van der Waals surface area contributed by atoms with Crippen molar-refractivity contribution in [2.75, 3.05) is 11.9 Å². The summed E-state index contributed by atoms with van der Waals surface area (Å²) in [5.41, 5.74) is 2.51. The zero-order valence-corrected chi connectivity index (χ0v) is 15.3. The third kappa shape index (κ3) is 4.51. The van der Waals surface area contributed by atoms with Crippen LogP contribution in [0.3, 0.4) is 0 Å². The van der Waals surface area contributed by atoms with Crippen LogP contribution in [0.1, 0.15) is 48.0 Å². The van der Waals surface area contributed by atoms with E-state index in [0.29, 0.717) is 12.1 Å². The molecule has 0 spiro atoms. The van der Waals surface area contributed by atoms with Gasteiger partial charge in [-0.05, 0) is 42.7 Å². The van der Waals surface area contributed by atoms with E-state index < -0.39 is 0 Å². The highest BCUT2D eigenvalue weighted by atomic mass is 16.2. The molecule has 4 nitrogen and oxygen atoms in total. The Morgan fingerprint density at radius 2 is 1.62 bits per heavy atom. The van der Waals surface area contributed by atoms with E-state index in [2.05, 4.69) is 5.32 Å². The minimum Gasteiger partial charge on any atom is -0.352 e. The van der Waals surface area contributed by atoms with E-state index in [9.17, 15) is 9.59 Å². The summed E-state index contributed by atoms with van der Waals surface area (Å²) in [7, 11) is 1.77. The number of hydrogen-bond acceptors (Lipinski definition) is 2. The highest BCUT2D eigenvalue weighted by Crippen LogP contribution is 2.23. The lowest BCUT2D eigenvalue weighted by Crippen LogP contribution is -2.31. The van der Waals surface area contributed by atoms with E-state index in [1.165, 1.54) is 6.42 Å². The predicted molar refractivity (Wildman–Crippen MR) is 104 cm³/mol. The number of rotatable bonds is 5. The third-order valence-electron chi connectivity index (χ3n) is 5.09. The number of amides is 2. The van der Waals surface area contributed by atoms with Crippen LogP contribution in [0.15, 0.2) is 54.6 Å². The average molecular weight is 350 g/mol. The molecule has 0 atom stereocenters. The molecule has 0 aromatic heterocycles. The number of carbonyl (C=O) groups excluding carboxylic acids is 2. The zero-order valence-electron chi connectivity index (χ0n) is 15.3. The van der Waals surface area contributed by atoms with Crippen molar-refractivity contribution in [3.8, 4) is 0 Å². The lowest BCUT2D eigenvalue weighted by molar-refractivity contribution is -0.126. The Morgan fingerprint density at radius 1 is 0.962 bits per heavy atom. The summed E-state index contributed by atoms with van der Waals surface area (Å²) < 4.78 is 0. The quantitative estimate of drug-likeness (QED) is 0.880. The van der Waals surface area contributed by atoms with Crippen LogP contribution in [-0.2, 0) is 11.3 Å². The minimum atomic E-state index is -0.0472. The van der Waals surface area contributed by atoms with E-state index in [0.717, 1.165) is 36.9 Å². The van der Waals surface area contributed by atoms with E-state index in [1.807, 2.05) is 54.6 Å². The van der Waals surface area contributed by atoms with Crippen LogP contribution < -0.4 is 10.2 Å². The minimum absolute atomic E-state index is 0.0472. The van der Waals surface area contributed by atoms with Crippen LogP contribution >= 0.6 is 0 Å². The average Bonchev–Trinajstić information content (AvgIpc) is 2.72. The van der Waals surface area contributed by atoms with Crippen molar-refractivity contribution < 1.29 is 9.59 Å². The lowest BCUT2D eigenvalue weighted by atomic mass is 9.88. The SMILES string of the molecule is CN(C(=O)c1ccc(CNC(=O)C2CCCCC2)cc1)c1ccccc1. The van der Waals surface area contributed by atoms with E-state index in [-0.39, 0.29) is 17.7 Å². The molecule has 2 aromatic carbocycles. The van der Waals surface area contributed by atoms with Crippen LogP contribution in [0.5, 0.6) is 0 Å². The predicted octanol–water partition coefficient (Wildman–Crippen LogP) is 4.16. The number of benzene rings is 2. The Hall–Kier alpha value is -2.62. The molecular weight excluding hydrogens is 324 g/mol. The Bertz CT molecular complexity index is 734. The summed E-state index contributed by atoms with van der Waals surface area (Å²) >= 11 is 0. The molecule has 1 saturated carbocycles. The van der Waals surface area contributed by atoms with Crippen LogP contribution in [0.4, 0.5) is 5.69 Å². The maximum Gasteiger partial charge on any atom is 0.258 e. The molecule has 0 heterocycles. The van der Waals surface area contributed by atoms with Crippen LogP contribution in [0.25, 0.3) is 0 Å². The Kier molecular flexibility index (Phi) is 6.05. The van der Waals surface area contributed by atoms with Gasteiger partial charge < -0.3 is 10.2 Å². The summed E-state index contributed by atoms with van der Waals surface area (Å²) in [6.07, 6.45) is 5.57. The number of nitrogens with zero attached hydrogens (tertiary/aromatic N) is 1. The van der Waals surface area contributed by atoms with Gasteiger partial charge in [0.2, 0.25) is 5.91 Å². The lowest BCUT2D eigenvalue weighted by Gasteiger charge is -2.20. The molecule has 26 heavy (non-hydrogen) atoms. The molecule has 2 amide bonds. The fourth-order valence-corrected chi connectivity index (χ4v) is 3.43. The van der Waals surface area contributed by atoms with Crippen molar-refractivity contribution in [3.63, 3.8) is 0 Å². The van der Waals surface area contributed by atoms with Gasteiger partial charge in [-0.3, -0.25) is 9.59 Å². The second kappa shape index (κ2) is 8.65. The second-order valence-corrected chi connectivity index (χ2v) is 6.95. The molecule has 0 radical (unpaired) electrons. The van der Waals surface area contributed by atoms with Crippen molar-refractivity contribution in [2.45, 2.75) is 38.6 Å². The smallest absolute Gasteiger partial charge is 0.258 e. The highest BCUT2D eigenvalue weighted by molar-refractivity contribution is 6.05. The molecule has 0 saturated heterocycles. The van der Waals surface area contributed by atoms with Crippen molar-refractivity contribution >= 4 is 17.5 Å². The summed E-state index contributed by atoms with van der Waals surface area (Å²) in [5.74, 6) is 0.284. The Balaban J connectivity index is 1.56.